The average Bonchev–Trinajstić information content (AvgIpc) is 3.36. The molecule has 1 aromatic heterocycles. The molecule has 0 radical (unpaired) electrons. The molecule has 31 heavy (non-hydrogen) atoms. The topological polar surface area (TPSA) is 94.2 Å². The summed E-state index contributed by atoms with van der Waals surface area (Å²) in [5.74, 6) is -5.51. The molecule has 176 valence electrons. The number of hydrogen-bond donors (Lipinski definition) is 2. The van der Waals surface area contributed by atoms with Crippen LogP contribution in [-0.2, 0) is 16.1 Å². The fourth-order valence-electron chi connectivity index (χ4n) is 3.37. The summed E-state index contributed by atoms with van der Waals surface area (Å²) >= 11 is 0. The molecule has 2 aliphatic heterocycles. The predicted octanol–water partition coefficient (Wildman–Crippen LogP) is 3.38. The van der Waals surface area contributed by atoms with Crippen LogP contribution in [0.15, 0.2) is 35.7 Å². The van der Waals surface area contributed by atoms with Crippen LogP contribution >= 0.6 is 0 Å². The highest BCUT2D eigenvalue weighted by Crippen LogP contribution is 2.32. The first-order valence-corrected chi connectivity index (χ1v) is 8.97. The molecule has 2 saturated heterocycles. The minimum Gasteiger partial charge on any atom is -0.475 e. The Labute approximate surface area is 173 Å². The number of carbonyl (C=O) groups is 2. The predicted molar refractivity (Wildman–Crippen MR) is 95.1 cm³/mol. The smallest absolute Gasteiger partial charge is 0.475 e. The lowest BCUT2D eigenvalue weighted by atomic mass is 10.1. The van der Waals surface area contributed by atoms with Gasteiger partial charge in [0.15, 0.2) is 0 Å². The molecule has 0 aliphatic carbocycles. The fourth-order valence-corrected chi connectivity index (χ4v) is 3.37. The van der Waals surface area contributed by atoms with Crippen molar-refractivity contribution in [2.45, 2.75) is 43.8 Å². The maximum atomic E-state index is 10.6. The minimum atomic E-state index is -5.08. The molecule has 0 amide bonds. The first-order valence-electron chi connectivity index (χ1n) is 8.97. The maximum Gasteiger partial charge on any atom is 0.490 e. The van der Waals surface area contributed by atoms with E-state index in [0.717, 1.165) is 25.2 Å². The zero-order chi connectivity index (χ0) is 23.8. The van der Waals surface area contributed by atoms with Gasteiger partial charge in [-0.1, -0.05) is 6.08 Å². The highest BCUT2D eigenvalue weighted by atomic mass is 19.4. The van der Waals surface area contributed by atoms with E-state index in [9.17, 15) is 26.3 Å². The molecule has 2 aliphatic rings. The van der Waals surface area contributed by atoms with Crippen LogP contribution in [0.2, 0.25) is 0 Å². The van der Waals surface area contributed by atoms with Gasteiger partial charge in [0.25, 0.3) is 0 Å². The van der Waals surface area contributed by atoms with Crippen molar-refractivity contribution in [1.29, 1.82) is 0 Å². The Morgan fingerprint density at radius 1 is 1.03 bits per heavy atom. The summed E-state index contributed by atoms with van der Waals surface area (Å²) in [6.45, 7) is 8.38. The number of aliphatic carboxylic acids is 2. The van der Waals surface area contributed by atoms with Gasteiger partial charge in [-0.15, -0.1) is 6.58 Å². The van der Waals surface area contributed by atoms with E-state index in [2.05, 4.69) is 22.4 Å². The highest BCUT2D eigenvalue weighted by Gasteiger charge is 2.41. The van der Waals surface area contributed by atoms with Crippen molar-refractivity contribution in [3.8, 4) is 0 Å². The number of furan rings is 1. The van der Waals surface area contributed by atoms with E-state index in [1.807, 2.05) is 12.3 Å². The molecular formula is C18H22F6N2O5. The van der Waals surface area contributed by atoms with Crippen molar-refractivity contribution in [3.05, 3.63) is 36.8 Å². The van der Waals surface area contributed by atoms with Gasteiger partial charge in [0.1, 0.15) is 0 Å². The van der Waals surface area contributed by atoms with Crippen LogP contribution in [0.1, 0.15) is 18.4 Å². The van der Waals surface area contributed by atoms with Crippen LogP contribution < -0.4 is 0 Å². The number of rotatable bonds is 4. The van der Waals surface area contributed by atoms with Crippen LogP contribution in [0.4, 0.5) is 26.3 Å². The van der Waals surface area contributed by atoms with Crippen LogP contribution in [0.5, 0.6) is 0 Å². The Morgan fingerprint density at radius 2 is 1.48 bits per heavy atom. The normalized spacial score (nSPS) is 21.4. The van der Waals surface area contributed by atoms with E-state index >= 15 is 0 Å². The fraction of sp³-hybridized carbons (Fsp3) is 0.556. The van der Waals surface area contributed by atoms with Gasteiger partial charge >= 0.3 is 24.3 Å². The summed E-state index contributed by atoms with van der Waals surface area (Å²) in [6, 6.07) is 3.56. The highest BCUT2D eigenvalue weighted by molar-refractivity contribution is 5.73. The molecule has 2 fully saturated rings. The van der Waals surface area contributed by atoms with Crippen molar-refractivity contribution >= 4 is 11.9 Å². The van der Waals surface area contributed by atoms with Gasteiger partial charge in [-0.05, 0) is 18.9 Å². The zero-order valence-corrected chi connectivity index (χ0v) is 16.2. The number of nitrogens with zero attached hydrogens (tertiary/aromatic N) is 2. The van der Waals surface area contributed by atoms with Gasteiger partial charge in [0.05, 0.1) is 12.5 Å². The third-order valence-corrected chi connectivity index (χ3v) is 4.62. The second-order valence-corrected chi connectivity index (χ2v) is 6.70. The van der Waals surface area contributed by atoms with Crippen molar-refractivity contribution in [2.75, 3.05) is 19.6 Å². The quantitative estimate of drug-likeness (QED) is 0.526. The van der Waals surface area contributed by atoms with Crippen molar-refractivity contribution in [2.24, 2.45) is 0 Å². The van der Waals surface area contributed by atoms with E-state index in [-0.39, 0.29) is 0 Å². The first-order chi connectivity index (χ1) is 14.3. The third-order valence-electron chi connectivity index (χ3n) is 4.62. The van der Waals surface area contributed by atoms with Crippen LogP contribution in [0.25, 0.3) is 0 Å². The molecule has 7 nitrogen and oxygen atoms in total. The SMILES string of the molecule is C=CCN1CC[C@@H]2[C@@H]1CCN2Cc1ccoc1.O=C(O)C(F)(F)F.O=C(O)C(F)(F)F. The largest absolute Gasteiger partial charge is 0.490 e. The van der Waals surface area contributed by atoms with Gasteiger partial charge in [0.2, 0.25) is 0 Å². The number of halogens is 6. The molecule has 0 saturated carbocycles. The summed E-state index contributed by atoms with van der Waals surface area (Å²) in [7, 11) is 0. The van der Waals surface area contributed by atoms with E-state index in [1.54, 1.807) is 6.26 Å². The Hall–Kier alpha value is -2.54. The Balaban J connectivity index is 0.000000288. The summed E-state index contributed by atoms with van der Waals surface area (Å²) in [4.78, 5) is 23.0. The van der Waals surface area contributed by atoms with Gasteiger partial charge in [-0.25, -0.2) is 9.59 Å². The molecule has 0 unspecified atom stereocenters. The molecule has 2 N–H and O–H groups in total. The lowest BCUT2D eigenvalue weighted by molar-refractivity contribution is -0.193. The summed E-state index contributed by atoms with van der Waals surface area (Å²) in [6.07, 6.45) is -1.90. The molecule has 3 heterocycles. The first kappa shape index (κ1) is 26.5. The number of alkyl halides is 6. The Bertz CT molecular complexity index is 696. The van der Waals surface area contributed by atoms with Crippen molar-refractivity contribution in [3.63, 3.8) is 0 Å². The molecule has 0 bridgehead atoms. The lowest BCUT2D eigenvalue weighted by Gasteiger charge is -2.24. The molecule has 1 aromatic rings. The Kier molecular flexibility index (Phi) is 9.56. The second kappa shape index (κ2) is 11.2. The van der Waals surface area contributed by atoms with E-state index in [0.29, 0.717) is 0 Å². The van der Waals surface area contributed by atoms with Crippen molar-refractivity contribution < 1.29 is 50.6 Å². The maximum absolute atomic E-state index is 10.6. The minimum absolute atomic E-state index is 0.741. The van der Waals surface area contributed by atoms with Crippen LogP contribution in [0, 0.1) is 0 Å². The summed E-state index contributed by atoms with van der Waals surface area (Å²) in [5.41, 5.74) is 1.30. The molecular weight excluding hydrogens is 438 g/mol. The van der Waals surface area contributed by atoms with E-state index in [1.165, 1.54) is 31.5 Å². The molecule has 3 rings (SSSR count). The number of fused-ring (bicyclic) bond motifs is 1. The van der Waals surface area contributed by atoms with Crippen LogP contribution in [0.3, 0.4) is 0 Å². The van der Waals surface area contributed by atoms with Gasteiger partial charge in [0, 0.05) is 43.8 Å². The number of carboxylic acids is 2. The number of likely N-dealkylation sites (tertiary alicyclic amines) is 2. The zero-order valence-electron chi connectivity index (χ0n) is 16.2. The van der Waals surface area contributed by atoms with E-state index < -0.39 is 24.3 Å². The monoisotopic (exact) mass is 460 g/mol. The lowest BCUT2D eigenvalue weighted by Crippen LogP contribution is -2.36. The van der Waals surface area contributed by atoms with Gasteiger partial charge in [-0.3, -0.25) is 9.80 Å². The average molecular weight is 460 g/mol. The van der Waals surface area contributed by atoms with Crippen LogP contribution in [-0.4, -0.2) is 76.0 Å². The van der Waals surface area contributed by atoms with E-state index in [4.69, 9.17) is 24.2 Å². The Morgan fingerprint density at radius 3 is 1.87 bits per heavy atom. The molecule has 0 aromatic carbocycles. The molecule has 0 spiro atoms. The van der Waals surface area contributed by atoms with Crippen molar-refractivity contribution in [1.82, 2.24) is 9.80 Å². The standard InChI is InChI=1S/C14H20N2O.2C2HF3O2/c1-2-6-15-7-3-14-13(15)4-8-16(14)10-12-5-9-17-11-12;2*3-2(4,5)1(6)7/h2,5,9,11,13-14H,1,3-4,6-8,10H2;2*(H,6,7)/t13-,14+;;/m0../s1. The van der Waals surface area contributed by atoms with Gasteiger partial charge in [-0.2, -0.15) is 26.3 Å². The second-order valence-electron chi connectivity index (χ2n) is 6.70. The number of carboxylic acid groups (broad SMARTS) is 2. The third kappa shape index (κ3) is 8.61. The molecule has 2 atom stereocenters. The molecule has 13 heteroatoms. The summed E-state index contributed by atoms with van der Waals surface area (Å²) < 4.78 is 68.6. The summed E-state index contributed by atoms with van der Waals surface area (Å²) in [5, 5.41) is 14.2. The number of hydrogen-bond acceptors (Lipinski definition) is 5. The van der Waals surface area contributed by atoms with Gasteiger partial charge < -0.3 is 14.6 Å².